The smallest absolute Gasteiger partial charge is 0.258 e. The van der Waals surface area contributed by atoms with Gasteiger partial charge in [-0.25, -0.2) is 4.98 Å². The van der Waals surface area contributed by atoms with Crippen molar-refractivity contribution in [3.05, 3.63) is 69.3 Å². The Morgan fingerprint density at radius 1 is 1.16 bits per heavy atom. The van der Waals surface area contributed by atoms with E-state index < -0.39 is 0 Å². The molecule has 44 heavy (non-hydrogen) atoms. The lowest BCUT2D eigenvalue weighted by Gasteiger charge is -2.30. The van der Waals surface area contributed by atoms with Crippen LogP contribution in [0.5, 0.6) is 0 Å². The molecular weight excluding hydrogens is 558 g/mol. The number of aromatic amines is 1. The first-order chi connectivity index (χ1) is 21.0. The number of ketones is 1. The summed E-state index contributed by atoms with van der Waals surface area (Å²) in [5.41, 5.74) is 3.73. The molecule has 1 heterocycles. The van der Waals surface area contributed by atoms with Gasteiger partial charge in [0, 0.05) is 43.2 Å². The summed E-state index contributed by atoms with van der Waals surface area (Å²) >= 11 is 0. The van der Waals surface area contributed by atoms with Gasteiger partial charge >= 0.3 is 0 Å². The number of carbonyl (C=O) groups excluding carboxylic acids is 3. The molecule has 10 heteroatoms. The summed E-state index contributed by atoms with van der Waals surface area (Å²) in [7, 11) is 1.75. The number of hydrogen-bond acceptors (Lipinski definition) is 7. The number of anilines is 1. The topological polar surface area (TPSA) is 136 Å². The fraction of sp³-hybridized carbons (Fsp3) is 0.441. The molecule has 1 aromatic heterocycles. The van der Waals surface area contributed by atoms with Crippen LogP contribution in [0.4, 0.5) is 5.69 Å². The second-order valence-electron chi connectivity index (χ2n) is 11.7. The maximum Gasteiger partial charge on any atom is 0.258 e. The van der Waals surface area contributed by atoms with Crippen molar-refractivity contribution in [3.63, 3.8) is 0 Å². The van der Waals surface area contributed by atoms with Gasteiger partial charge in [-0.2, -0.15) is 0 Å². The number of nitrogens with one attached hydrogen (secondary N) is 2. The minimum atomic E-state index is -0.339. The first kappa shape index (κ1) is 32.4. The lowest BCUT2D eigenvalue weighted by molar-refractivity contribution is -0.132. The number of aryl methyl sites for hydroxylation is 1. The van der Waals surface area contributed by atoms with E-state index in [1.165, 1.54) is 0 Å². The van der Waals surface area contributed by atoms with Crippen LogP contribution in [0.2, 0.25) is 0 Å². The highest BCUT2D eigenvalue weighted by atomic mass is 16.3. The van der Waals surface area contributed by atoms with E-state index in [2.05, 4.69) is 26.1 Å². The second kappa shape index (κ2) is 14.3. The van der Waals surface area contributed by atoms with Gasteiger partial charge in [0.1, 0.15) is 18.2 Å². The quantitative estimate of drug-likeness (QED) is 0.255. The van der Waals surface area contributed by atoms with E-state index in [1.807, 2.05) is 38.1 Å². The van der Waals surface area contributed by atoms with Gasteiger partial charge in [0.15, 0.2) is 0 Å². The highest BCUT2D eigenvalue weighted by Gasteiger charge is 2.29. The average Bonchev–Trinajstić information content (AvgIpc) is 3.42. The molecule has 1 aliphatic rings. The number of carbonyl (C=O) groups is 3. The van der Waals surface area contributed by atoms with Gasteiger partial charge in [0.2, 0.25) is 5.91 Å². The Morgan fingerprint density at radius 3 is 2.55 bits per heavy atom. The van der Waals surface area contributed by atoms with Crippen molar-refractivity contribution >= 4 is 34.2 Å². The molecule has 3 atom stereocenters. The Bertz CT molecular complexity index is 1620. The minimum absolute atomic E-state index is 0.0163. The van der Waals surface area contributed by atoms with E-state index in [4.69, 9.17) is 6.42 Å². The van der Waals surface area contributed by atoms with E-state index in [0.29, 0.717) is 48.7 Å². The molecule has 0 radical (unpaired) electrons. The Labute approximate surface area is 257 Å². The monoisotopic (exact) mass is 599 g/mol. The standard InChI is InChI=1S/C34H41N5O5/c1-6-17-39(30-15-12-25-18-29-28(19-27(25)30)34(44)37-31(20-40)36-29)26-13-10-24(11-14-26)33(43)35-21(2)7-16-32(42)38(5)22(3)8-9-23(4)41/h1,10-11,13-14,18-19,21-22,30,40H,7-9,12,15-17,20H2,2-5H3,(H,35,43)(H,36,37,44)/t21-,22+,30?/m1/s1. The molecule has 1 unspecified atom stereocenters. The molecular formula is C34H41N5O5. The summed E-state index contributed by atoms with van der Waals surface area (Å²) < 4.78 is 0. The molecule has 3 aromatic rings. The van der Waals surface area contributed by atoms with Crippen molar-refractivity contribution in [2.45, 2.75) is 84.0 Å². The number of hydrogen-bond donors (Lipinski definition) is 3. The van der Waals surface area contributed by atoms with Crippen LogP contribution in [-0.4, -0.2) is 63.2 Å². The number of aromatic nitrogens is 2. The zero-order chi connectivity index (χ0) is 32.0. The Kier molecular flexibility index (Phi) is 10.6. The third-order valence-corrected chi connectivity index (χ3v) is 8.45. The third-order valence-electron chi connectivity index (χ3n) is 8.45. The molecule has 0 saturated heterocycles. The molecule has 4 rings (SSSR count). The van der Waals surface area contributed by atoms with Gasteiger partial charge in [-0.3, -0.25) is 14.4 Å². The summed E-state index contributed by atoms with van der Waals surface area (Å²) in [5.74, 6) is 2.84. The van der Waals surface area contributed by atoms with Crippen molar-refractivity contribution in [1.29, 1.82) is 0 Å². The molecule has 1 aliphatic carbocycles. The normalized spacial score (nSPS) is 15.2. The molecule has 232 valence electrons. The van der Waals surface area contributed by atoms with Crippen molar-refractivity contribution in [1.82, 2.24) is 20.2 Å². The first-order valence-corrected chi connectivity index (χ1v) is 15.0. The maximum absolute atomic E-state index is 13.0. The van der Waals surface area contributed by atoms with E-state index in [-0.39, 0.29) is 53.7 Å². The van der Waals surface area contributed by atoms with Crippen LogP contribution in [0.15, 0.2) is 41.2 Å². The van der Waals surface area contributed by atoms with E-state index in [0.717, 1.165) is 29.7 Å². The number of aliphatic hydroxyl groups excluding tert-OH is 1. The summed E-state index contributed by atoms with van der Waals surface area (Å²) in [6, 6.07) is 10.8. The number of amides is 2. The van der Waals surface area contributed by atoms with Crippen LogP contribution >= 0.6 is 0 Å². The Balaban J connectivity index is 1.40. The fourth-order valence-corrected chi connectivity index (χ4v) is 5.70. The number of fused-ring (bicyclic) bond motifs is 2. The van der Waals surface area contributed by atoms with Crippen molar-refractivity contribution in [2.24, 2.45) is 0 Å². The molecule has 10 nitrogen and oxygen atoms in total. The SMILES string of the molecule is C#CCN(c1ccc(C(=O)N[C@H](C)CCC(=O)N(C)[C@@H](C)CCC(C)=O)cc1)C1CCc2cc3nc(CO)[nH]c(=O)c3cc21. The van der Waals surface area contributed by atoms with Gasteiger partial charge in [-0.05, 0) is 94.0 Å². The lowest BCUT2D eigenvalue weighted by atomic mass is 10.0. The second-order valence-corrected chi connectivity index (χ2v) is 11.7. The van der Waals surface area contributed by atoms with E-state index >= 15 is 0 Å². The van der Waals surface area contributed by atoms with Crippen molar-refractivity contribution in [3.8, 4) is 12.3 Å². The van der Waals surface area contributed by atoms with Crippen LogP contribution in [-0.2, 0) is 22.6 Å². The van der Waals surface area contributed by atoms with Crippen molar-refractivity contribution < 1.29 is 19.5 Å². The molecule has 2 aromatic carbocycles. The van der Waals surface area contributed by atoms with Gasteiger partial charge in [0.05, 0.1) is 23.5 Å². The van der Waals surface area contributed by atoms with E-state index in [1.54, 1.807) is 31.0 Å². The van der Waals surface area contributed by atoms with Crippen LogP contribution in [0.1, 0.15) is 86.2 Å². The van der Waals surface area contributed by atoms with Gasteiger partial charge in [-0.1, -0.05) is 5.92 Å². The zero-order valence-corrected chi connectivity index (χ0v) is 25.9. The lowest BCUT2D eigenvalue weighted by Crippen LogP contribution is -2.37. The molecule has 0 bridgehead atoms. The molecule has 0 fully saturated rings. The molecule has 0 saturated carbocycles. The summed E-state index contributed by atoms with van der Waals surface area (Å²) in [4.78, 5) is 60.3. The first-order valence-electron chi connectivity index (χ1n) is 15.0. The molecule has 2 amide bonds. The summed E-state index contributed by atoms with van der Waals surface area (Å²) in [5, 5.41) is 12.9. The van der Waals surface area contributed by atoms with Gasteiger partial charge < -0.3 is 30.0 Å². The highest BCUT2D eigenvalue weighted by Crippen LogP contribution is 2.39. The molecule has 0 spiro atoms. The number of nitrogens with zero attached hydrogens (tertiary/aromatic N) is 3. The van der Waals surface area contributed by atoms with E-state index in [9.17, 15) is 24.3 Å². The van der Waals surface area contributed by atoms with Crippen LogP contribution in [0.3, 0.4) is 0 Å². The van der Waals surface area contributed by atoms with Crippen LogP contribution in [0, 0.1) is 12.3 Å². The Hall–Kier alpha value is -4.49. The summed E-state index contributed by atoms with van der Waals surface area (Å²) in [6.07, 6.45) is 9.24. The molecule has 3 N–H and O–H groups in total. The zero-order valence-electron chi connectivity index (χ0n) is 25.9. The number of aliphatic hydroxyl groups is 1. The maximum atomic E-state index is 13.0. The fourth-order valence-electron chi connectivity index (χ4n) is 5.70. The molecule has 0 aliphatic heterocycles. The van der Waals surface area contributed by atoms with Gasteiger partial charge in [0.25, 0.3) is 11.5 Å². The summed E-state index contributed by atoms with van der Waals surface area (Å²) in [6.45, 7) is 5.36. The van der Waals surface area contributed by atoms with Crippen molar-refractivity contribution in [2.75, 3.05) is 18.5 Å². The Morgan fingerprint density at radius 2 is 1.89 bits per heavy atom. The largest absolute Gasteiger partial charge is 0.388 e. The predicted molar refractivity (Wildman–Crippen MR) is 170 cm³/mol. The predicted octanol–water partition coefficient (Wildman–Crippen LogP) is 3.66. The van der Waals surface area contributed by atoms with Crippen LogP contribution < -0.4 is 15.8 Å². The highest BCUT2D eigenvalue weighted by molar-refractivity contribution is 5.94. The number of Topliss-reactive ketones (excluding diaryl/α,β-unsaturated/α-hetero) is 1. The number of benzene rings is 2. The average molecular weight is 600 g/mol. The van der Waals surface area contributed by atoms with Gasteiger partial charge in [-0.15, -0.1) is 6.42 Å². The number of terminal acetylenes is 1. The minimum Gasteiger partial charge on any atom is -0.388 e. The number of H-pyrrole nitrogens is 1. The third kappa shape index (κ3) is 7.53. The van der Waals surface area contributed by atoms with Crippen LogP contribution in [0.25, 0.3) is 10.9 Å². The number of rotatable bonds is 13.